The molecule has 0 fully saturated rings. The van der Waals surface area contributed by atoms with Gasteiger partial charge in [0.1, 0.15) is 5.82 Å². The van der Waals surface area contributed by atoms with Crippen LogP contribution in [0.4, 0.5) is 10.2 Å². The summed E-state index contributed by atoms with van der Waals surface area (Å²) in [6, 6.07) is 4.20. The first-order chi connectivity index (χ1) is 9.81. The molecule has 0 amide bonds. The molecule has 112 valence electrons. The van der Waals surface area contributed by atoms with Gasteiger partial charge in [-0.25, -0.2) is 12.8 Å². The van der Waals surface area contributed by atoms with Crippen LogP contribution in [0, 0.1) is 5.82 Å². The van der Waals surface area contributed by atoms with Crippen molar-refractivity contribution in [2.24, 2.45) is 0 Å². The maximum atomic E-state index is 13.2. The van der Waals surface area contributed by atoms with Gasteiger partial charge in [-0.1, -0.05) is 23.2 Å². The molecule has 0 bridgehead atoms. The zero-order valence-electron chi connectivity index (χ0n) is 10.5. The summed E-state index contributed by atoms with van der Waals surface area (Å²) in [6.45, 7) is 0. The molecule has 2 rings (SSSR count). The van der Waals surface area contributed by atoms with Gasteiger partial charge >= 0.3 is 0 Å². The molecular formula is C11H8Cl2FN3O3S. The highest BCUT2D eigenvalue weighted by Crippen LogP contribution is 2.26. The zero-order chi connectivity index (χ0) is 15.6. The molecule has 0 spiro atoms. The molecule has 6 nitrogen and oxygen atoms in total. The summed E-state index contributed by atoms with van der Waals surface area (Å²) in [7, 11) is -2.79. The number of methoxy groups -OCH3 is 1. The maximum Gasteiger partial charge on any atom is 0.263 e. The lowest BCUT2D eigenvalue weighted by Crippen LogP contribution is -2.15. The van der Waals surface area contributed by atoms with Crippen molar-refractivity contribution in [1.29, 1.82) is 0 Å². The molecule has 0 atom stereocenters. The molecule has 0 unspecified atom stereocenters. The molecular weight excluding hydrogens is 344 g/mol. The highest BCUT2D eigenvalue weighted by Gasteiger charge is 2.19. The molecule has 1 aromatic heterocycles. The Labute approximate surface area is 129 Å². The molecule has 10 heteroatoms. The third-order valence-corrected chi connectivity index (χ3v) is 4.05. The summed E-state index contributed by atoms with van der Waals surface area (Å²) in [6.07, 6.45) is 0. The summed E-state index contributed by atoms with van der Waals surface area (Å²) in [5, 5.41) is 7.07. The topological polar surface area (TPSA) is 81.2 Å². The van der Waals surface area contributed by atoms with Crippen LogP contribution < -0.4 is 9.46 Å². The Bertz CT molecular complexity index is 766. The Balaban J connectivity index is 2.42. The van der Waals surface area contributed by atoms with Gasteiger partial charge in [-0.05, 0) is 18.2 Å². The smallest absolute Gasteiger partial charge is 0.263 e. The van der Waals surface area contributed by atoms with E-state index in [0.717, 1.165) is 18.2 Å². The van der Waals surface area contributed by atoms with Crippen LogP contribution in [0.3, 0.4) is 0 Å². The van der Waals surface area contributed by atoms with E-state index in [1.165, 1.54) is 13.2 Å². The third-order valence-electron chi connectivity index (χ3n) is 2.33. The van der Waals surface area contributed by atoms with E-state index in [0.29, 0.717) is 0 Å². The molecule has 21 heavy (non-hydrogen) atoms. The minimum Gasteiger partial charge on any atom is -0.493 e. The van der Waals surface area contributed by atoms with Crippen molar-refractivity contribution in [2.75, 3.05) is 11.8 Å². The van der Waals surface area contributed by atoms with Crippen LogP contribution >= 0.6 is 23.2 Å². The van der Waals surface area contributed by atoms with Gasteiger partial charge < -0.3 is 4.74 Å². The number of hydrogen-bond acceptors (Lipinski definition) is 5. The molecule has 0 radical (unpaired) electrons. The van der Waals surface area contributed by atoms with Crippen molar-refractivity contribution in [3.05, 3.63) is 40.3 Å². The van der Waals surface area contributed by atoms with E-state index >= 15 is 0 Å². The number of nitrogens with zero attached hydrogens (tertiary/aromatic N) is 2. The van der Waals surface area contributed by atoms with Crippen molar-refractivity contribution in [3.8, 4) is 5.75 Å². The van der Waals surface area contributed by atoms with Crippen molar-refractivity contribution in [1.82, 2.24) is 10.2 Å². The van der Waals surface area contributed by atoms with Gasteiger partial charge in [0, 0.05) is 11.1 Å². The van der Waals surface area contributed by atoms with E-state index in [4.69, 9.17) is 27.9 Å². The summed E-state index contributed by atoms with van der Waals surface area (Å²) < 4.78 is 44.6. The first kappa shape index (κ1) is 15.7. The molecule has 0 saturated carbocycles. The van der Waals surface area contributed by atoms with Crippen LogP contribution in [-0.2, 0) is 10.0 Å². The quantitative estimate of drug-likeness (QED) is 0.915. The highest BCUT2D eigenvalue weighted by molar-refractivity contribution is 7.92. The summed E-state index contributed by atoms with van der Waals surface area (Å²) in [5.74, 6) is -0.889. The van der Waals surface area contributed by atoms with E-state index in [9.17, 15) is 12.8 Å². The molecule has 1 aromatic carbocycles. The van der Waals surface area contributed by atoms with Crippen LogP contribution in [-0.4, -0.2) is 25.7 Å². The second kappa shape index (κ2) is 6.00. The average molecular weight is 352 g/mol. The lowest BCUT2D eigenvalue weighted by Gasteiger charge is -2.10. The van der Waals surface area contributed by atoms with Gasteiger partial charge in [0.05, 0.1) is 12.0 Å². The van der Waals surface area contributed by atoms with Crippen LogP contribution in [0.15, 0.2) is 29.2 Å². The number of hydrogen-bond donors (Lipinski definition) is 1. The number of aromatic nitrogens is 2. The number of rotatable bonds is 4. The number of ether oxygens (including phenoxy) is 1. The first-order valence-electron chi connectivity index (χ1n) is 5.38. The molecule has 2 aromatic rings. The largest absolute Gasteiger partial charge is 0.493 e. The summed E-state index contributed by atoms with van der Waals surface area (Å²) in [4.78, 5) is -0.355. The van der Waals surface area contributed by atoms with Crippen LogP contribution in [0.25, 0.3) is 0 Å². The number of anilines is 1. The normalized spacial score (nSPS) is 11.2. The summed E-state index contributed by atoms with van der Waals surface area (Å²) >= 11 is 11.3. The fourth-order valence-electron chi connectivity index (χ4n) is 1.45. The van der Waals surface area contributed by atoms with Crippen LogP contribution in [0.1, 0.15) is 0 Å². The minimum absolute atomic E-state index is 0.0311. The average Bonchev–Trinajstić information content (AvgIpc) is 2.39. The fourth-order valence-corrected chi connectivity index (χ4v) is 2.94. The second-order valence-electron chi connectivity index (χ2n) is 3.79. The molecule has 0 aliphatic rings. The Hall–Kier alpha value is -1.64. The molecule has 0 aliphatic carbocycles. The monoisotopic (exact) mass is 351 g/mol. The van der Waals surface area contributed by atoms with Gasteiger partial charge in [-0.15, -0.1) is 10.2 Å². The molecule has 0 saturated heterocycles. The van der Waals surface area contributed by atoms with E-state index in [-0.39, 0.29) is 26.6 Å². The van der Waals surface area contributed by atoms with Crippen molar-refractivity contribution < 1.29 is 17.5 Å². The Morgan fingerprint density at radius 3 is 2.52 bits per heavy atom. The Kier molecular flexibility index (Phi) is 4.50. The lowest BCUT2D eigenvalue weighted by molar-refractivity contribution is 0.414. The van der Waals surface area contributed by atoms with E-state index in [1.54, 1.807) is 0 Å². The minimum atomic E-state index is -4.10. The molecule has 1 N–H and O–H groups in total. The number of nitrogens with one attached hydrogen (secondary N) is 1. The number of sulfonamides is 1. The van der Waals surface area contributed by atoms with Gasteiger partial charge in [0.25, 0.3) is 10.0 Å². The highest BCUT2D eigenvalue weighted by atomic mass is 35.5. The van der Waals surface area contributed by atoms with E-state index < -0.39 is 15.8 Å². The number of benzene rings is 1. The van der Waals surface area contributed by atoms with E-state index in [1.807, 2.05) is 0 Å². The Morgan fingerprint density at radius 2 is 1.90 bits per heavy atom. The third kappa shape index (κ3) is 3.72. The maximum absolute atomic E-state index is 13.2. The van der Waals surface area contributed by atoms with Crippen LogP contribution in [0.5, 0.6) is 5.75 Å². The summed E-state index contributed by atoms with van der Waals surface area (Å²) in [5.41, 5.74) is 0. The first-order valence-corrected chi connectivity index (χ1v) is 7.62. The fraction of sp³-hybridized carbons (Fsp3) is 0.0909. The number of halogens is 3. The lowest BCUT2D eigenvalue weighted by atomic mass is 10.3. The predicted octanol–water partition coefficient (Wildman–Crippen LogP) is 2.73. The SMILES string of the molecule is COc1cc(Cl)nnc1NS(=O)(=O)c1cc(F)cc(Cl)c1. The van der Waals surface area contributed by atoms with Crippen molar-refractivity contribution >= 4 is 39.0 Å². The van der Waals surface area contributed by atoms with E-state index in [2.05, 4.69) is 14.9 Å². The second-order valence-corrected chi connectivity index (χ2v) is 6.30. The predicted molar refractivity (Wildman–Crippen MR) is 75.8 cm³/mol. The van der Waals surface area contributed by atoms with Gasteiger partial charge in [-0.2, -0.15) is 0 Å². The van der Waals surface area contributed by atoms with Crippen molar-refractivity contribution in [2.45, 2.75) is 4.90 Å². The molecule has 1 heterocycles. The van der Waals surface area contributed by atoms with Gasteiger partial charge in [-0.3, -0.25) is 4.72 Å². The zero-order valence-corrected chi connectivity index (χ0v) is 12.8. The molecule has 0 aliphatic heterocycles. The standard InChI is InChI=1S/C11H8Cl2FN3O3S/c1-20-9-5-10(13)15-16-11(9)17-21(18,19)8-3-6(12)2-7(14)4-8/h2-5H,1H3,(H,16,17). The van der Waals surface area contributed by atoms with Crippen LogP contribution in [0.2, 0.25) is 10.2 Å². The van der Waals surface area contributed by atoms with Crippen molar-refractivity contribution in [3.63, 3.8) is 0 Å². The van der Waals surface area contributed by atoms with Gasteiger partial charge in [0.15, 0.2) is 10.9 Å². The Morgan fingerprint density at radius 1 is 1.19 bits per heavy atom. The van der Waals surface area contributed by atoms with Gasteiger partial charge in [0.2, 0.25) is 5.82 Å².